The minimum Gasteiger partial charge on any atom is -0.391 e. The van der Waals surface area contributed by atoms with Gasteiger partial charge in [-0.3, -0.25) is 9.59 Å². The lowest BCUT2D eigenvalue weighted by Gasteiger charge is -2.10. The first-order valence-corrected chi connectivity index (χ1v) is 7.17. The van der Waals surface area contributed by atoms with E-state index in [0.717, 1.165) is 17.7 Å². The fourth-order valence-corrected chi connectivity index (χ4v) is 2.52. The van der Waals surface area contributed by atoms with Crippen LogP contribution in [-0.4, -0.2) is 36.1 Å². The molecule has 1 aliphatic carbocycles. The summed E-state index contributed by atoms with van der Waals surface area (Å²) in [6.45, 7) is 2.12. The largest absolute Gasteiger partial charge is 0.391 e. The van der Waals surface area contributed by atoms with E-state index in [9.17, 15) is 14.7 Å². The molecule has 3 N–H and O–H groups in total. The van der Waals surface area contributed by atoms with Crippen molar-refractivity contribution >= 4 is 23.2 Å². The molecule has 1 heterocycles. The molecule has 0 radical (unpaired) electrons. The van der Waals surface area contributed by atoms with Gasteiger partial charge < -0.3 is 15.7 Å². The maximum atomic E-state index is 11.7. The lowest BCUT2D eigenvalue weighted by Crippen LogP contribution is -2.40. The minimum atomic E-state index is -0.459. The molecule has 5 nitrogen and oxygen atoms in total. The van der Waals surface area contributed by atoms with Crippen molar-refractivity contribution in [2.75, 3.05) is 13.1 Å². The molecule has 0 spiro atoms. The molecule has 2 amide bonds. The lowest BCUT2D eigenvalue weighted by molar-refractivity contribution is -0.120. The SMILES string of the molecule is Cc1ccc(C(=O)NCC(=O)NCC(O)C2CC2)s1. The Morgan fingerprint density at radius 1 is 1.42 bits per heavy atom. The van der Waals surface area contributed by atoms with E-state index in [2.05, 4.69) is 10.6 Å². The summed E-state index contributed by atoms with van der Waals surface area (Å²) in [6, 6.07) is 3.61. The number of carbonyl (C=O) groups excluding carboxylic acids is 2. The average molecular weight is 282 g/mol. The molecule has 6 heteroatoms. The number of rotatable bonds is 6. The van der Waals surface area contributed by atoms with Crippen molar-refractivity contribution < 1.29 is 14.7 Å². The van der Waals surface area contributed by atoms with Crippen LogP contribution in [0.2, 0.25) is 0 Å². The average Bonchev–Trinajstić information content (AvgIpc) is 3.15. The summed E-state index contributed by atoms with van der Waals surface area (Å²) in [6.07, 6.45) is 1.61. The Balaban J connectivity index is 1.66. The first-order chi connectivity index (χ1) is 9.06. The molecular weight excluding hydrogens is 264 g/mol. The molecule has 1 saturated carbocycles. The van der Waals surface area contributed by atoms with Gasteiger partial charge >= 0.3 is 0 Å². The molecular formula is C13H18N2O3S. The highest BCUT2D eigenvalue weighted by Gasteiger charge is 2.29. The Hall–Kier alpha value is -1.40. The Kier molecular flexibility index (Phi) is 4.55. The second-order valence-electron chi connectivity index (χ2n) is 4.80. The van der Waals surface area contributed by atoms with Gasteiger partial charge in [-0.1, -0.05) is 0 Å². The molecule has 0 aliphatic heterocycles. The lowest BCUT2D eigenvalue weighted by atomic mass is 10.2. The molecule has 1 unspecified atom stereocenters. The number of aryl methyl sites for hydroxylation is 1. The molecule has 0 bridgehead atoms. The van der Waals surface area contributed by atoms with Gasteiger partial charge in [0.15, 0.2) is 0 Å². The normalized spacial score (nSPS) is 15.9. The van der Waals surface area contributed by atoms with Crippen LogP contribution >= 0.6 is 11.3 Å². The van der Waals surface area contributed by atoms with Gasteiger partial charge in [-0.05, 0) is 37.8 Å². The predicted octanol–water partition coefficient (Wildman–Crippen LogP) is 0.673. The topological polar surface area (TPSA) is 78.4 Å². The number of carbonyl (C=O) groups is 2. The van der Waals surface area contributed by atoms with Gasteiger partial charge in [-0.2, -0.15) is 0 Å². The van der Waals surface area contributed by atoms with Gasteiger partial charge in [0.2, 0.25) is 5.91 Å². The zero-order chi connectivity index (χ0) is 13.8. The van der Waals surface area contributed by atoms with Crippen LogP contribution in [0.3, 0.4) is 0 Å². The van der Waals surface area contributed by atoms with Gasteiger partial charge in [0, 0.05) is 11.4 Å². The summed E-state index contributed by atoms with van der Waals surface area (Å²) in [5.74, 6) is -0.179. The van der Waals surface area contributed by atoms with Crippen LogP contribution < -0.4 is 10.6 Å². The molecule has 0 aromatic carbocycles. The molecule has 0 saturated heterocycles. The Labute approximate surface area is 116 Å². The van der Waals surface area contributed by atoms with E-state index >= 15 is 0 Å². The number of thiophene rings is 1. The van der Waals surface area contributed by atoms with Gasteiger partial charge in [0.25, 0.3) is 5.91 Å². The van der Waals surface area contributed by atoms with Crippen LogP contribution in [0.15, 0.2) is 12.1 Å². The summed E-state index contributed by atoms with van der Waals surface area (Å²) in [5.41, 5.74) is 0. The van der Waals surface area contributed by atoms with Crippen LogP contribution in [0.1, 0.15) is 27.4 Å². The van der Waals surface area contributed by atoms with E-state index in [1.807, 2.05) is 13.0 Å². The Bertz CT molecular complexity index is 468. The molecule has 1 atom stereocenters. The molecule has 1 aromatic heterocycles. The maximum Gasteiger partial charge on any atom is 0.261 e. The van der Waals surface area contributed by atoms with Crippen molar-refractivity contribution in [2.24, 2.45) is 5.92 Å². The van der Waals surface area contributed by atoms with E-state index in [1.165, 1.54) is 11.3 Å². The van der Waals surface area contributed by atoms with Crippen molar-refractivity contribution in [2.45, 2.75) is 25.9 Å². The van der Waals surface area contributed by atoms with Gasteiger partial charge in [-0.25, -0.2) is 0 Å². The number of hydrogen-bond donors (Lipinski definition) is 3. The van der Waals surface area contributed by atoms with E-state index < -0.39 is 6.10 Å². The van der Waals surface area contributed by atoms with Crippen LogP contribution in [0.5, 0.6) is 0 Å². The smallest absolute Gasteiger partial charge is 0.261 e. The number of aliphatic hydroxyl groups is 1. The molecule has 1 aliphatic rings. The third-order valence-electron chi connectivity index (χ3n) is 3.05. The molecule has 19 heavy (non-hydrogen) atoms. The molecule has 104 valence electrons. The summed E-state index contributed by atoms with van der Waals surface area (Å²) in [5, 5.41) is 14.8. The summed E-state index contributed by atoms with van der Waals surface area (Å²) < 4.78 is 0. The zero-order valence-electron chi connectivity index (χ0n) is 10.8. The second-order valence-corrected chi connectivity index (χ2v) is 6.09. The molecule has 1 aromatic rings. The van der Waals surface area contributed by atoms with Crippen molar-refractivity contribution in [3.63, 3.8) is 0 Å². The Morgan fingerprint density at radius 3 is 2.74 bits per heavy atom. The maximum absolute atomic E-state index is 11.7. The summed E-state index contributed by atoms with van der Waals surface area (Å²) >= 11 is 1.39. The summed E-state index contributed by atoms with van der Waals surface area (Å²) in [7, 11) is 0. The van der Waals surface area contributed by atoms with Crippen molar-refractivity contribution in [3.05, 3.63) is 21.9 Å². The monoisotopic (exact) mass is 282 g/mol. The van der Waals surface area contributed by atoms with Crippen LogP contribution in [-0.2, 0) is 4.79 Å². The van der Waals surface area contributed by atoms with Crippen molar-refractivity contribution in [1.82, 2.24) is 10.6 Å². The first kappa shape index (κ1) is 14.0. The van der Waals surface area contributed by atoms with E-state index in [1.54, 1.807) is 6.07 Å². The fourth-order valence-electron chi connectivity index (χ4n) is 1.73. The van der Waals surface area contributed by atoms with E-state index in [4.69, 9.17) is 0 Å². The third kappa shape index (κ3) is 4.33. The van der Waals surface area contributed by atoms with Crippen molar-refractivity contribution in [1.29, 1.82) is 0 Å². The predicted molar refractivity (Wildman–Crippen MR) is 73.1 cm³/mol. The highest BCUT2D eigenvalue weighted by Crippen LogP contribution is 2.32. The first-order valence-electron chi connectivity index (χ1n) is 6.35. The fraction of sp³-hybridized carbons (Fsp3) is 0.538. The van der Waals surface area contributed by atoms with Gasteiger partial charge in [-0.15, -0.1) is 11.3 Å². The second kappa shape index (κ2) is 6.16. The molecule has 1 fully saturated rings. The van der Waals surface area contributed by atoms with Crippen LogP contribution in [0, 0.1) is 12.8 Å². The quantitative estimate of drug-likeness (QED) is 0.717. The van der Waals surface area contributed by atoms with Crippen LogP contribution in [0.4, 0.5) is 0 Å². The summed E-state index contributed by atoms with van der Waals surface area (Å²) in [4.78, 5) is 24.8. The number of hydrogen-bond acceptors (Lipinski definition) is 4. The zero-order valence-corrected chi connectivity index (χ0v) is 11.6. The highest BCUT2D eigenvalue weighted by atomic mass is 32.1. The van der Waals surface area contributed by atoms with Gasteiger partial charge in [0.05, 0.1) is 17.5 Å². The third-order valence-corrected chi connectivity index (χ3v) is 4.05. The van der Waals surface area contributed by atoms with Crippen LogP contribution in [0.25, 0.3) is 0 Å². The van der Waals surface area contributed by atoms with Crippen molar-refractivity contribution in [3.8, 4) is 0 Å². The van der Waals surface area contributed by atoms with E-state index in [-0.39, 0.29) is 24.9 Å². The number of amides is 2. The van der Waals surface area contributed by atoms with Gasteiger partial charge in [0.1, 0.15) is 0 Å². The molecule has 2 rings (SSSR count). The standard InChI is InChI=1S/C13H18N2O3S/c1-8-2-5-11(19-8)13(18)15-7-12(17)14-6-10(16)9-3-4-9/h2,5,9-10,16H,3-4,6-7H2,1H3,(H,14,17)(H,15,18). The Morgan fingerprint density at radius 2 is 2.16 bits per heavy atom. The minimum absolute atomic E-state index is 0.0623. The number of aliphatic hydroxyl groups excluding tert-OH is 1. The highest BCUT2D eigenvalue weighted by molar-refractivity contribution is 7.13. The van der Waals surface area contributed by atoms with E-state index in [0.29, 0.717) is 10.8 Å². The number of nitrogens with one attached hydrogen (secondary N) is 2.